The van der Waals surface area contributed by atoms with Crippen molar-refractivity contribution < 1.29 is 13.2 Å². The van der Waals surface area contributed by atoms with Crippen molar-refractivity contribution in [2.45, 2.75) is 156 Å². The van der Waals surface area contributed by atoms with Crippen LogP contribution in [0.5, 0.6) is 0 Å². The molecule has 0 saturated heterocycles. The molecule has 2 radical (unpaired) electrons. The Kier molecular flexibility index (Phi) is 14.1. The van der Waals surface area contributed by atoms with Crippen LogP contribution in [0, 0.1) is 5.41 Å². The summed E-state index contributed by atoms with van der Waals surface area (Å²) < 4.78 is 42.0. The van der Waals surface area contributed by atoms with E-state index in [1.54, 1.807) is 6.07 Å². The molecule has 1 aromatic carbocycles. The van der Waals surface area contributed by atoms with Gasteiger partial charge >= 0.3 is 6.18 Å². The third-order valence-corrected chi connectivity index (χ3v) is 8.00. The summed E-state index contributed by atoms with van der Waals surface area (Å²) in [6.07, 6.45) is 12.9. The smallest absolute Gasteiger partial charge is 0.166 e. The Labute approximate surface area is 216 Å². The van der Waals surface area contributed by atoms with Gasteiger partial charge in [0.25, 0.3) is 0 Å². The van der Waals surface area contributed by atoms with E-state index in [0.29, 0.717) is 0 Å². The Balaban J connectivity index is 3.56. The monoisotopic (exact) mass is 492 g/mol. The standard InChI is InChI=1S/C31H52BF3/c1-7-11-14-16-20-30(6,21-17-15-12-8-2)26-23-27(31(33,34)35)28(32)22-25(26)24-29(5,18-10-4)19-13-9-3/h22-23H,7-21,24H2,1-6H3. The fraction of sp³-hybridized carbons (Fsp3) is 0.806. The molecule has 1 rings (SSSR count). The molecular weight excluding hydrogens is 440 g/mol. The fourth-order valence-electron chi connectivity index (χ4n) is 5.86. The maximum atomic E-state index is 14.0. The first-order valence-corrected chi connectivity index (χ1v) is 14.5. The van der Waals surface area contributed by atoms with Crippen LogP contribution in [0.3, 0.4) is 0 Å². The highest BCUT2D eigenvalue weighted by Crippen LogP contribution is 2.43. The molecule has 0 fully saturated rings. The lowest BCUT2D eigenvalue weighted by Gasteiger charge is -2.37. The van der Waals surface area contributed by atoms with Gasteiger partial charge in [0.05, 0.1) is 0 Å². The highest BCUT2D eigenvalue weighted by Gasteiger charge is 2.37. The summed E-state index contributed by atoms with van der Waals surface area (Å²) in [5.74, 6) is 0. The molecule has 0 aliphatic heterocycles. The molecule has 1 atom stereocenters. The average molecular weight is 493 g/mol. The van der Waals surface area contributed by atoms with Gasteiger partial charge in [0.1, 0.15) is 7.85 Å². The van der Waals surface area contributed by atoms with Crippen molar-refractivity contribution in [3.8, 4) is 0 Å². The Hall–Kier alpha value is -0.925. The summed E-state index contributed by atoms with van der Waals surface area (Å²) in [4.78, 5) is 0. The second-order valence-electron chi connectivity index (χ2n) is 11.6. The van der Waals surface area contributed by atoms with Crippen LogP contribution < -0.4 is 5.46 Å². The minimum absolute atomic E-state index is 0.0804. The quantitative estimate of drug-likeness (QED) is 0.141. The second kappa shape index (κ2) is 15.4. The third-order valence-electron chi connectivity index (χ3n) is 8.00. The van der Waals surface area contributed by atoms with Gasteiger partial charge < -0.3 is 0 Å². The van der Waals surface area contributed by atoms with Crippen molar-refractivity contribution in [2.24, 2.45) is 5.41 Å². The number of hydrogen-bond donors (Lipinski definition) is 0. The van der Waals surface area contributed by atoms with Gasteiger partial charge in [-0.25, -0.2) is 0 Å². The van der Waals surface area contributed by atoms with Crippen LogP contribution in [0.4, 0.5) is 13.2 Å². The molecule has 0 N–H and O–H groups in total. The van der Waals surface area contributed by atoms with E-state index in [0.717, 1.165) is 101 Å². The summed E-state index contributed by atoms with van der Waals surface area (Å²) >= 11 is 0. The molecule has 0 spiro atoms. The van der Waals surface area contributed by atoms with Gasteiger partial charge in [0, 0.05) is 5.56 Å². The lowest BCUT2D eigenvalue weighted by molar-refractivity contribution is -0.136. The van der Waals surface area contributed by atoms with Crippen LogP contribution in [0.25, 0.3) is 0 Å². The topological polar surface area (TPSA) is 0 Å². The molecule has 0 amide bonds. The minimum atomic E-state index is -4.43. The zero-order valence-electron chi connectivity index (χ0n) is 23.7. The predicted octanol–water partition coefficient (Wildman–Crippen LogP) is 10.2. The Bertz CT molecular complexity index is 713. The molecular formula is C31H52BF3. The zero-order chi connectivity index (χ0) is 26.5. The SMILES string of the molecule is [B]c1cc(CC(C)(CCC)CCCC)c(C(C)(CCCCCC)CCCCCC)cc1C(F)(F)F. The lowest BCUT2D eigenvalue weighted by atomic mass is 9.67. The molecule has 0 aliphatic rings. The first kappa shape index (κ1) is 32.1. The van der Waals surface area contributed by atoms with E-state index >= 15 is 0 Å². The largest absolute Gasteiger partial charge is 0.415 e. The van der Waals surface area contributed by atoms with Gasteiger partial charge in [-0.15, -0.1) is 0 Å². The predicted molar refractivity (Wildman–Crippen MR) is 148 cm³/mol. The second-order valence-corrected chi connectivity index (χ2v) is 11.6. The molecule has 0 bridgehead atoms. The number of unbranched alkanes of at least 4 members (excludes halogenated alkanes) is 7. The van der Waals surface area contributed by atoms with Crippen LogP contribution in [0.15, 0.2) is 12.1 Å². The summed E-state index contributed by atoms with van der Waals surface area (Å²) in [5, 5.41) is 0. The number of rotatable bonds is 18. The molecule has 0 aliphatic carbocycles. The molecule has 200 valence electrons. The molecule has 1 aromatic rings. The lowest BCUT2D eigenvalue weighted by Crippen LogP contribution is -2.31. The molecule has 0 heterocycles. The van der Waals surface area contributed by atoms with Gasteiger partial charge in [0.15, 0.2) is 0 Å². The average Bonchev–Trinajstić information content (AvgIpc) is 2.77. The summed E-state index contributed by atoms with van der Waals surface area (Å²) in [6.45, 7) is 13.4. The maximum absolute atomic E-state index is 14.0. The van der Waals surface area contributed by atoms with E-state index in [1.807, 2.05) is 0 Å². The van der Waals surface area contributed by atoms with Crippen molar-refractivity contribution in [1.29, 1.82) is 0 Å². The van der Waals surface area contributed by atoms with Crippen LogP contribution in [0.1, 0.15) is 155 Å². The molecule has 0 nitrogen and oxygen atoms in total. The van der Waals surface area contributed by atoms with Crippen molar-refractivity contribution in [3.05, 3.63) is 28.8 Å². The number of halogens is 3. The first-order chi connectivity index (χ1) is 16.5. The molecule has 1 unspecified atom stereocenters. The number of hydrogen-bond acceptors (Lipinski definition) is 0. The minimum Gasteiger partial charge on any atom is -0.166 e. The fourth-order valence-corrected chi connectivity index (χ4v) is 5.86. The van der Waals surface area contributed by atoms with Crippen molar-refractivity contribution in [1.82, 2.24) is 0 Å². The van der Waals surface area contributed by atoms with E-state index in [2.05, 4.69) is 41.5 Å². The molecule has 35 heavy (non-hydrogen) atoms. The highest BCUT2D eigenvalue weighted by molar-refractivity contribution is 6.33. The van der Waals surface area contributed by atoms with E-state index in [9.17, 15) is 13.2 Å². The Morgan fingerprint density at radius 2 is 1.17 bits per heavy atom. The first-order valence-electron chi connectivity index (χ1n) is 14.5. The van der Waals surface area contributed by atoms with E-state index < -0.39 is 11.7 Å². The molecule has 0 aromatic heterocycles. The summed E-state index contributed by atoms with van der Waals surface area (Å²) in [5.41, 5.74) is 1.00. The number of alkyl halides is 3. The highest BCUT2D eigenvalue weighted by atomic mass is 19.4. The third kappa shape index (κ3) is 10.5. The molecule has 0 saturated carbocycles. The van der Waals surface area contributed by atoms with Gasteiger partial charge in [-0.05, 0) is 60.1 Å². The maximum Gasteiger partial charge on any atom is 0.415 e. The van der Waals surface area contributed by atoms with Crippen molar-refractivity contribution in [3.63, 3.8) is 0 Å². The van der Waals surface area contributed by atoms with Crippen LogP contribution in [-0.4, -0.2) is 7.85 Å². The van der Waals surface area contributed by atoms with E-state index in [-0.39, 0.29) is 16.3 Å². The van der Waals surface area contributed by atoms with E-state index in [4.69, 9.17) is 7.85 Å². The van der Waals surface area contributed by atoms with Crippen LogP contribution in [-0.2, 0) is 18.0 Å². The van der Waals surface area contributed by atoms with Crippen LogP contribution >= 0.6 is 0 Å². The van der Waals surface area contributed by atoms with Gasteiger partial charge in [0.2, 0.25) is 0 Å². The van der Waals surface area contributed by atoms with Crippen molar-refractivity contribution >= 4 is 13.3 Å². The van der Waals surface area contributed by atoms with Crippen LogP contribution in [0.2, 0.25) is 0 Å². The summed E-state index contributed by atoms with van der Waals surface area (Å²) in [7, 11) is 6.07. The Morgan fingerprint density at radius 1 is 0.629 bits per heavy atom. The zero-order valence-corrected chi connectivity index (χ0v) is 23.7. The number of benzene rings is 1. The van der Waals surface area contributed by atoms with Crippen molar-refractivity contribution in [2.75, 3.05) is 0 Å². The van der Waals surface area contributed by atoms with E-state index in [1.165, 1.54) is 18.9 Å². The molecule has 4 heteroatoms. The normalized spacial score (nSPS) is 14.3. The van der Waals surface area contributed by atoms with Gasteiger partial charge in [-0.1, -0.05) is 124 Å². The Morgan fingerprint density at radius 3 is 1.63 bits per heavy atom. The van der Waals surface area contributed by atoms with Gasteiger partial charge in [-0.3, -0.25) is 0 Å². The summed E-state index contributed by atoms with van der Waals surface area (Å²) in [6, 6.07) is 3.13. The van der Waals surface area contributed by atoms with Gasteiger partial charge in [-0.2, -0.15) is 13.2 Å².